The average molecular weight is 303 g/mol. The fourth-order valence-corrected chi connectivity index (χ4v) is 2.72. The number of nitrogens with zero attached hydrogens (tertiary/aromatic N) is 1. The van der Waals surface area contributed by atoms with Crippen molar-refractivity contribution in [2.75, 3.05) is 0 Å². The monoisotopic (exact) mass is 303 g/mol. The van der Waals surface area contributed by atoms with Crippen molar-refractivity contribution in [1.29, 1.82) is 0 Å². The number of aryl methyl sites for hydroxylation is 3. The highest BCUT2D eigenvalue weighted by atomic mass is 32.1. The predicted molar refractivity (Wildman–Crippen MR) is 83.8 cm³/mol. The Hall–Kier alpha value is -2.14. The molecule has 0 saturated heterocycles. The number of aromatic nitrogens is 1. The molecule has 0 bridgehead atoms. The Bertz CT molecular complexity index is 689. The first-order chi connectivity index (χ1) is 9.95. The van der Waals surface area contributed by atoms with E-state index in [2.05, 4.69) is 4.98 Å². The minimum Gasteiger partial charge on any atom is -0.486 e. The molecular weight excluding hydrogens is 286 g/mol. The van der Waals surface area contributed by atoms with Gasteiger partial charge in [-0.2, -0.15) is 0 Å². The van der Waals surface area contributed by atoms with Crippen molar-refractivity contribution in [3.05, 3.63) is 51.0 Å². The van der Waals surface area contributed by atoms with Gasteiger partial charge in [0.1, 0.15) is 17.4 Å². The molecule has 0 radical (unpaired) electrons. The van der Waals surface area contributed by atoms with Crippen LogP contribution in [0.1, 0.15) is 26.7 Å². The van der Waals surface area contributed by atoms with E-state index in [0.29, 0.717) is 6.61 Å². The fourth-order valence-electron chi connectivity index (χ4n) is 1.83. The van der Waals surface area contributed by atoms with E-state index < -0.39 is 5.97 Å². The number of benzene rings is 1. The van der Waals surface area contributed by atoms with E-state index in [1.807, 2.05) is 39.0 Å². The van der Waals surface area contributed by atoms with E-state index in [0.717, 1.165) is 38.5 Å². The molecule has 1 aromatic heterocycles. The fraction of sp³-hybridized carbons (Fsp3) is 0.250. The Morgan fingerprint density at radius 3 is 2.86 bits per heavy atom. The van der Waals surface area contributed by atoms with Crippen LogP contribution in [0.5, 0.6) is 5.75 Å². The second-order valence-corrected chi connectivity index (χ2v) is 5.90. The molecule has 0 aliphatic heterocycles. The highest BCUT2D eigenvalue weighted by Crippen LogP contribution is 2.24. The van der Waals surface area contributed by atoms with Crippen LogP contribution in [0.2, 0.25) is 0 Å². The lowest BCUT2D eigenvalue weighted by atomic mass is 10.1. The average Bonchev–Trinajstić information content (AvgIpc) is 2.78. The van der Waals surface area contributed by atoms with Gasteiger partial charge in [0.05, 0.1) is 10.6 Å². The van der Waals surface area contributed by atoms with E-state index in [9.17, 15) is 4.79 Å². The topological polar surface area (TPSA) is 59.4 Å². The van der Waals surface area contributed by atoms with Gasteiger partial charge in [-0.1, -0.05) is 12.1 Å². The van der Waals surface area contributed by atoms with Gasteiger partial charge in [0.25, 0.3) is 0 Å². The van der Waals surface area contributed by atoms with Gasteiger partial charge >= 0.3 is 5.97 Å². The van der Waals surface area contributed by atoms with Crippen LogP contribution in [0.15, 0.2) is 24.3 Å². The summed E-state index contributed by atoms with van der Waals surface area (Å²) in [6, 6.07) is 6.07. The summed E-state index contributed by atoms with van der Waals surface area (Å²) in [5.41, 5.74) is 3.05. The zero-order valence-corrected chi connectivity index (χ0v) is 13.0. The lowest BCUT2D eigenvalue weighted by Gasteiger charge is -2.08. The Kier molecular flexibility index (Phi) is 4.75. The summed E-state index contributed by atoms with van der Waals surface area (Å²) in [6.45, 7) is 6.27. The maximum atomic E-state index is 10.5. The van der Waals surface area contributed by atoms with Crippen LogP contribution in [0.4, 0.5) is 0 Å². The summed E-state index contributed by atoms with van der Waals surface area (Å²) in [7, 11) is 0. The first kappa shape index (κ1) is 15.3. The SMILES string of the molecule is Cc1ccc(C)c(OCc2nc(C)c(/C=C/C(=O)O)s2)c1. The highest BCUT2D eigenvalue weighted by Gasteiger charge is 2.07. The first-order valence-electron chi connectivity index (χ1n) is 6.53. The molecule has 0 saturated carbocycles. The zero-order valence-electron chi connectivity index (χ0n) is 12.2. The molecule has 0 amide bonds. The molecule has 0 aliphatic rings. The summed E-state index contributed by atoms with van der Waals surface area (Å²) < 4.78 is 5.81. The number of aliphatic carboxylic acids is 1. The van der Waals surface area contributed by atoms with E-state index >= 15 is 0 Å². The molecule has 1 heterocycles. The third-order valence-corrected chi connectivity index (χ3v) is 4.05. The van der Waals surface area contributed by atoms with Gasteiger partial charge < -0.3 is 9.84 Å². The summed E-state index contributed by atoms with van der Waals surface area (Å²) in [5.74, 6) is -0.110. The second kappa shape index (κ2) is 6.54. The molecule has 0 aliphatic carbocycles. The Morgan fingerprint density at radius 2 is 2.14 bits per heavy atom. The molecule has 0 fully saturated rings. The molecule has 4 nitrogen and oxygen atoms in total. The Labute approximate surface area is 127 Å². The number of carboxylic acid groups (broad SMARTS) is 1. The molecule has 2 aromatic rings. The van der Waals surface area contributed by atoms with E-state index in [1.54, 1.807) is 6.08 Å². The molecule has 0 unspecified atom stereocenters. The molecule has 1 N–H and O–H groups in total. The van der Waals surface area contributed by atoms with Crippen molar-refractivity contribution in [3.8, 4) is 5.75 Å². The van der Waals surface area contributed by atoms with Gasteiger partial charge in [-0.05, 0) is 44.0 Å². The van der Waals surface area contributed by atoms with Crippen LogP contribution >= 0.6 is 11.3 Å². The van der Waals surface area contributed by atoms with E-state index in [4.69, 9.17) is 9.84 Å². The quantitative estimate of drug-likeness (QED) is 0.855. The number of carboxylic acids is 1. The van der Waals surface area contributed by atoms with Crippen LogP contribution in [0, 0.1) is 20.8 Å². The van der Waals surface area contributed by atoms with Gasteiger partial charge in [-0.15, -0.1) is 11.3 Å². The zero-order chi connectivity index (χ0) is 15.4. The highest BCUT2D eigenvalue weighted by molar-refractivity contribution is 7.12. The minimum atomic E-state index is -0.962. The molecular formula is C16H17NO3S. The van der Waals surface area contributed by atoms with E-state index in [1.165, 1.54) is 11.3 Å². The number of carbonyl (C=O) groups is 1. The first-order valence-corrected chi connectivity index (χ1v) is 7.34. The van der Waals surface area contributed by atoms with Crippen molar-refractivity contribution >= 4 is 23.4 Å². The summed E-state index contributed by atoms with van der Waals surface area (Å²) >= 11 is 1.44. The molecule has 0 atom stereocenters. The maximum absolute atomic E-state index is 10.5. The maximum Gasteiger partial charge on any atom is 0.328 e. The number of ether oxygens (including phenoxy) is 1. The largest absolute Gasteiger partial charge is 0.486 e. The Morgan fingerprint density at radius 1 is 1.38 bits per heavy atom. The number of rotatable bonds is 5. The standard InChI is InChI=1S/C16H17NO3S/c1-10-4-5-11(2)13(8-10)20-9-15-17-12(3)14(21-15)6-7-16(18)19/h4-8H,9H2,1-3H3,(H,18,19)/b7-6+. The van der Waals surface area contributed by atoms with Gasteiger partial charge in [0.2, 0.25) is 0 Å². The van der Waals surface area contributed by atoms with Crippen molar-refractivity contribution < 1.29 is 14.6 Å². The van der Waals surface area contributed by atoms with Crippen LogP contribution in [0.3, 0.4) is 0 Å². The second-order valence-electron chi connectivity index (χ2n) is 4.79. The molecule has 1 aromatic carbocycles. The van der Waals surface area contributed by atoms with E-state index in [-0.39, 0.29) is 0 Å². The minimum absolute atomic E-state index is 0.386. The number of hydrogen-bond acceptors (Lipinski definition) is 4. The van der Waals surface area contributed by atoms with Gasteiger partial charge in [-0.25, -0.2) is 9.78 Å². The molecule has 5 heteroatoms. The lowest BCUT2D eigenvalue weighted by Crippen LogP contribution is -1.97. The summed E-state index contributed by atoms with van der Waals surface area (Å²) in [4.78, 5) is 15.8. The van der Waals surface area contributed by atoms with Crippen LogP contribution in [0.25, 0.3) is 6.08 Å². The molecule has 0 spiro atoms. The van der Waals surface area contributed by atoms with Crippen molar-refractivity contribution in [1.82, 2.24) is 4.98 Å². The smallest absolute Gasteiger partial charge is 0.328 e. The molecule has 2 rings (SSSR count). The van der Waals surface area contributed by atoms with Crippen LogP contribution in [-0.4, -0.2) is 16.1 Å². The number of thiazole rings is 1. The third-order valence-electron chi connectivity index (χ3n) is 2.95. The summed E-state index contributed by atoms with van der Waals surface area (Å²) in [6.07, 6.45) is 2.69. The summed E-state index contributed by atoms with van der Waals surface area (Å²) in [5, 5.41) is 9.49. The van der Waals surface area contributed by atoms with Gasteiger partial charge in [0, 0.05) is 6.08 Å². The molecule has 21 heavy (non-hydrogen) atoms. The third kappa shape index (κ3) is 4.16. The normalized spacial score (nSPS) is 11.0. The lowest BCUT2D eigenvalue weighted by molar-refractivity contribution is -0.131. The molecule has 110 valence electrons. The van der Waals surface area contributed by atoms with Crippen LogP contribution in [-0.2, 0) is 11.4 Å². The Balaban J connectivity index is 2.09. The predicted octanol–water partition coefficient (Wildman–Crippen LogP) is 3.75. The van der Waals surface area contributed by atoms with Gasteiger partial charge in [0.15, 0.2) is 0 Å². The van der Waals surface area contributed by atoms with Crippen LogP contribution < -0.4 is 4.74 Å². The van der Waals surface area contributed by atoms with Crippen molar-refractivity contribution in [2.24, 2.45) is 0 Å². The van der Waals surface area contributed by atoms with Crippen molar-refractivity contribution in [2.45, 2.75) is 27.4 Å². The number of hydrogen-bond donors (Lipinski definition) is 1. The van der Waals surface area contributed by atoms with Gasteiger partial charge in [-0.3, -0.25) is 0 Å². The van der Waals surface area contributed by atoms with Crippen molar-refractivity contribution in [3.63, 3.8) is 0 Å².